The van der Waals surface area contributed by atoms with Gasteiger partial charge < -0.3 is 9.64 Å². The maximum Gasteiger partial charge on any atom is 0.254 e. The van der Waals surface area contributed by atoms with E-state index in [1.54, 1.807) is 0 Å². The number of hydrogen-bond acceptors (Lipinski definition) is 2. The number of benzene rings is 1. The molecule has 1 aliphatic rings. The van der Waals surface area contributed by atoms with Crippen molar-refractivity contribution in [1.82, 2.24) is 4.90 Å². The van der Waals surface area contributed by atoms with Crippen molar-refractivity contribution in [3.8, 4) is 5.75 Å². The zero-order chi connectivity index (χ0) is 13.0. The fraction of sp³-hybridized carbons (Fsp3) is 0.500. The van der Waals surface area contributed by atoms with E-state index < -0.39 is 0 Å². The number of alkyl halides is 1. The lowest BCUT2D eigenvalue weighted by Gasteiger charge is -2.21. The van der Waals surface area contributed by atoms with Crippen LogP contribution in [-0.2, 0) is 0 Å². The molecule has 1 amide bonds. The normalized spacial score (nSPS) is 14.3. The summed E-state index contributed by atoms with van der Waals surface area (Å²) in [5.41, 5.74) is 0.704. The van der Waals surface area contributed by atoms with Crippen LogP contribution in [0, 0.1) is 0 Å². The molecule has 3 nitrogen and oxygen atoms in total. The fourth-order valence-corrected chi connectivity index (χ4v) is 2.14. The number of hydrogen-bond donors (Lipinski definition) is 0. The van der Waals surface area contributed by atoms with Gasteiger partial charge in [0.15, 0.2) is 0 Å². The Kier molecular flexibility index (Phi) is 4.48. The molecule has 1 saturated carbocycles. The van der Waals surface area contributed by atoms with Crippen LogP contribution in [0.1, 0.15) is 30.1 Å². The van der Waals surface area contributed by atoms with Crippen LogP contribution < -0.4 is 4.74 Å². The summed E-state index contributed by atoms with van der Waals surface area (Å²) in [5, 5.41) is 0. The van der Waals surface area contributed by atoms with Gasteiger partial charge in [-0.3, -0.25) is 4.79 Å². The highest BCUT2D eigenvalue weighted by atomic mass is 35.5. The van der Waals surface area contributed by atoms with E-state index in [4.69, 9.17) is 16.3 Å². The minimum atomic E-state index is 0.0706. The Morgan fingerprint density at radius 1 is 1.39 bits per heavy atom. The zero-order valence-corrected chi connectivity index (χ0v) is 11.3. The monoisotopic (exact) mass is 267 g/mol. The lowest BCUT2D eigenvalue weighted by molar-refractivity contribution is 0.0753. The van der Waals surface area contributed by atoms with Gasteiger partial charge in [0.1, 0.15) is 5.75 Å². The first-order chi connectivity index (χ1) is 8.76. The maximum atomic E-state index is 12.3. The van der Waals surface area contributed by atoms with Crippen molar-refractivity contribution in [3.63, 3.8) is 0 Å². The fourth-order valence-electron chi connectivity index (χ4n) is 1.95. The maximum absolute atomic E-state index is 12.3. The largest absolute Gasteiger partial charge is 0.494 e. The molecule has 0 saturated heterocycles. The van der Waals surface area contributed by atoms with Gasteiger partial charge in [-0.25, -0.2) is 0 Å². The van der Waals surface area contributed by atoms with Crippen molar-refractivity contribution in [1.29, 1.82) is 0 Å². The lowest BCUT2D eigenvalue weighted by Crippen LogP contribution is -2.34. The minimum Gasteiger partial charge on any atom is -0.494 e. The van der Waals surface area contributed by atoms with Crippen molar-refractivity contribution in [2.24, 2.45) is 0 Å². The molecular formula is C14H18ClNO2. The Balaban J connectivity index is 2.06. The van der Waals surface area contributed by atoms with Gasteiger partial charge in [-0.2, -0.15) is 0 Å². The van der Waals surface area contributed by atoms with E-state index in [-0.39, 0.29) is 5.91 Å². The number of ether oxygens (including phenoxy) is 1. The van der Waals surface area contributed by atoms with Crippen LogP contribution in [0.3, 0.4) is 0 Å². The number of carbonyl (C=O) groups excluding carboxylic acids is 1. The van der Waals surface area contributed by atoms with Crippen LogP contribution in [-0.4, -0.2) is 35.9 Å². The van der Waals surface area contributed by atoms with Gasteiger partial charge in [0, 0.05) is 24.0 Å². The van der Waals surface area contributed by atoms with Gasteiger partial charge in [0.05, 0.1) is 6.61 Å². The molecule has 0 spiro atoms. The third-order valence-corrected chi connectivity index (χ3v) is 3.16. The quantitative estimate of drug-likeness (QED) is 0.742. The van der Waals surface area contributed by atoms with E-state index in [9.17, 15) is 4.79 Å². The molecule has 0 aliphatic heterocycles. The Hall–Kier alpha value is -1.22. The third-order valence-electron chi connectivity index (χ3n) is 2.99. The number of rotatable bonds is 6. The molecule has 0 unspecified atom stereocenters. The van der Waals surface area contributed by atoms with Gasteiger partial charge in [-0.05, 0) is 44.0 Å². The predicted octanol–water partition coefficient (Wildman–Crippen LogP) is 2.93. The highest BCUT2D eigenvalue weighted by Gasteiger charge is 2.32. The van der Waals surface area contributed by atoms with Crippen molar-refractivity contribution >= 4 is 17.5 Å². The summed E-state index contributed by atoms with van der Waals surface area (Å²) < 4.78 is 5.36. The smallest absolute Gasteiger partial charge is 0.254 e. The molecule has 0 radical (unpaired) electrons. The van der Waals surface area contributed by atoms with Crippen LogP contribution in [0.25, 0.3) is 0 Å². The molecule has 0 heterocycles. The average molecular weight is 268 g/mol. The van der Waals surface area contributed by atoms with Crippen LogP contribution in [0.2, 0.25) is 0 Å². The molecule has 1 aliphatic carbocycles. The summed E-state index contributed by atoms with van der Waals surface area (Å²) in [5.74, 6) is 1.35. The molecule has 1 fully saturated rings. The van der Waals surface area contributed by atoms with Gasteiger partial charge >= 0.3 is 0 Å². The second kappa shape index (κ2) is 6.10. The van der Waals surface area contributed by atoms with Crippen molar-refractivity contribution < 1.29 is 9.53 Å². The average Bonchev–Trinajstić information content (AvgIpc) is 3.21. The van der Waals surface area contributed by atoms with Crippen LogP contribution in [0.5, 0.6) is 5.75 Å². The Morgan fingerprint density at radius 2 is 2.06 bits per heavy atom. The molecule has 98 valence electrons. The van der Waals surface area contributed by atoms with E-state index in [1.807, 2.05) is 36.1 Å². The molecule has 2 rings (SSSR count). The zero-order valence-electron chi connectivity index (χ0n) is 10.6. The van der Waals surface area contributed by atoms with Crippen molar-refractivity contribution in [2.45, 2.75) is 25.8 Å². The Bertz CT molecular complexity index is 401. The molecule has 4 heteroatoms. The summed E-state index contributed by atoms with van der Waals surface area (Å²) >= 11 is 5.75. The number of amides is 1. The minimum absolute atomic E-state index is 0.0706. The van der Waals surface area contributed by atoms with E-state index in [2.05, 4.69) is 0 Å². The number of halogens is 1. The summed E-state index contributed by atoms with van der Waals surface area (Å²) in [6.45, 7) is 3.19. The van der Waals surface area contributed by atoms with Crippen molar-refractivity contribution in [3.05, 3.63) is 29.8 Å². The first-order valence-electron chi connectivity index (χ1n) is 6.36. The van der Waals surface area contributed by atoms with Gasteiger partial charge in [0.2, 0.25) is 0 Å². The second-order valence-corrected chi connectivity index (χ2v) is 4.75. The number of carbonyl (C=O) groups is 1. The third kappa shape index (κ3) is 3.16. The Labute approximate surface area is 113 Å². The lowest BCUT2D eigenvalue weighted by atomic mass is 10.2. The van der Waals surface area contributed by atoms with Crippen LogP contribution in [0.15, 0.2) is 24.3 Å². The SMILES string of the molecule is CCOc1ccc(C(=O)N(CCCl)C2CC2)cc1. The van der Waals surface area contributed by atoms with Crippen LogP contribution >= 0.6 is 11.6 Å². The van der Waals surface area contributed by atoms with Gasteiger partial charge in [0.25, 0.3) is 5.91 Å². The van der Waals surface area contributed by atoms with E-state index in [0.717, 1.165) is 18.6 Å². The highest BCUT2D eigenvalue weighted by molar-refractivity contribution is 6.18. The molecule has 0 bridgehead atoms. The van der Waals surface area contributed by atoms with E-state index >= 15 is 0 Å². The number of nitrogens with zero attached hydrogens (tertiary/aromatic N) is 1. The van der Waals surface area contributed by atoms with E-state index in [0.29, 0.717) is 30.6 Å². The summed E-state index contributed by atoms with van der Waals surface area (Å²) in [6.07, 6.45) is 2.19. The summed E-state index contributed by atoms with van der Waals surface area (Å²) in [6, 6.07) is 7.70. The predicted molar refractivity (Wildman–Crippen MR) is 72.4 cm³/mol. The first kappa shape index (κ1) is 13.2. The molecular weight excluding hydrogens is 250 g/mol. The van der Waals surface area contributed by atoms with E-state index in [1.165, 1.54) is 0 Å². The van der Waals surface area contributed by atoms with Crippen molar-refractivity contribution in [2.75, 3.05) is 19.0 Å². The first-order valence-corrected chi connectivity index (χ1v) is 6.89. The van der Waals surface area contributed by atoms with Gasteiger partial charge in [-0.1, -0.05) is 0 Å². The molecule has 0 atom stereocenters. The molecule has 0 aromatic heterocycles. The van der Waals surface area contributed by atoms with Crippen LogP contribution in [0.4, 0.5) is 0 Å². The molecule has 18 heavy (non-hydrogen) atoms. The standard InChI is InChI=1S/C14H18ClNO2/c1-2-18-13-7-3-11(4-8-13)14(17)16(10-9-15)12-5-6-12/h3-4,7-8,12H,2,5-6,9-10H2,1H3. The summed E-state index contributed by atoms with van der Waals surface area (Å²) in [4.78, 5) is 14.2. The molecule has 1 aromatic rings. The highest BCUT2D eigenvalue weighted by Crippen LogP contribution is 2.28. The summed E-state index contributed by atoms with van der Waals surface area (Å²) in [7, 11) is 0. The Morgan fingerprint density at radius 3 is 2.56 bits per heavy atom. The molecule has 1 aromatic carbocycles. The molecule has 0 N–H and O–H groups in total. The topological polar surface area (TPSA) is 29.5 Å². The second-order valence-electron chi connectivity index (χ2n) is 4.38. The van der Waals surface area contributed by atoms with Gasteiger partial charge in [-0.15, -0.1) is 11.6 Å².